The molecule has 0 radical (unpaired) electrons. The molecule has 1 unspecified atom stereocenters. The zero-order chi connectivity index (χ0) is 12.3. The fraction of sp³-hybridized carbons (Fsp3) is 0.500. The first-order valence-corrected chi connectivity index (χ1v) is 6.12. The van der Waals surface area contributed by atoms with Gasteiger partial charge in [0.25, 0.3) is 0 Å². The van der Waals surface area contributed by atoms with Crippen molar-refractivity contribution in [3.05, 3.63) is 29.3 Å². The molecule has 1 aliphatic heterocycles. The maximum Gasteiger partial charge on any atom is 0.167 e. The summed E-state index contributed by atoms with van der Waals surface area (Å²) in [6.45, 7) is 3.81. The summed E-state index contributed by atoms with van der Waals surface area (Å²) < 4.78 is 5.15. The molecule has 2 rings (SSSR count). The molecule has 0 aromatic heterocycles. The average Bonchev–Trinajstić information content (AvgIpc) is 2.39. The first-order chi connectivity index (χ1) is 8.22. The maximum absolute atomic E-state index is 12.3. The lowest BCUT2D eigenvalue weighted by Crippen LogP contribution is -2.34. The monoisotopic (exact) mass is 269 g/mol. The molecule has 0 spiro atoms. The van der Waals surface area contributed by atoms with E-state index in [1.807, 2.05) is 25.1 Å². The number of methoxy groups -OCH3 is 1. The number of aryl methyl sites for hydroxylation is 1. The molecule has 1 aliphatic rings. The minimum Gasteiger partial charge on any atom is -0.497 e. The van der Waals surface area contributed by atoms with Crippen LogP contribution in [-0.2, 0) is 0 Å². The Balaban J connectivity index is 0.00000162. The van der Waals surface area contributed by atoms with Gasteiger partial charge in [0, 0.05) is 18.0 Å². The lowest BCUT2D eigenvalue weighted by atomic mass is 9.89. The lowest BCUT2D eigenvalue weighted by molar-refractivity contribution is 0.0899. The molecule has 1 atom stereocenters. The molecule has 100 valence electrons. The van der Waals surface area contributed by atoms with Gasteiger partial charge in [-0.25, -0.2) is 0 Å². The Morgan fingerprint density at radius 2 is 2.22 bits per heavy atom. The number of halogens is 1. The third-order valence-corrected chi connectivity index (χ3v) is 3.37. The molecule has 3 nitrogen and oxygen atoms in total. The molecule has 1 fully saturated rings. The van der Waals surface area contributed by atoms with E-state index in [0.717, 1.165) is 42.8 Å². The van der Waals surface area contributed by atoms with Gasteiger partial charge >= 0.3 is 0 Å². The van der Waals surface area contributed by atoms with E-state index >= 15 is 0 Å². The van der Waals surface area contributed by atoms with E-state index in [-0.39, 0.29) is 24.1 Å². The molecule has 0 aliphatic carbocycles. The smallest absolute Gasteiger partial charge is 0.167 e. The minimum absolute atomic E-state index is 0. The Kier molecular flexibility index (Phi) is 5.63. The highest BCUT2D eigenvalue weighted by molar-refractivity contribution is 5.99. The Bertz CT molecular complexity index is 414. The summed E-state index contributed by atoms with van der Waals surface area (Å²) in [5.74, 6) is 1.20. The second-order valence-electron chi connectivity index (χ2n) is 4.59. The number of carbonyl (C=O) groups excluding carboxylic acids is 1. The zero-order valence-electron chi connectivity index (χ0n) is 10.9. The second-order valence-corrected chi connectivity index (χ2v) is 4.59. The van der Waals surface area contributed by atoms with Gasteiger partial charge in [-0.15, -0.1) is 12.4 Å². The number of piperidine rings is 1. The third-order valence-electron chi connectivity index (χ3n) is 3.37. The van der Waals surface area contributed by atoms with Crippen LogP contribution in [0.2, 0.25) is 0 Å². The summed E-state index contributed by atoms with van der Waals surface area (Å²) in [7, 11) is 1.64. The van der Waals surface area contributed by atoms with Crippen molar-refractivity contribution in [1.82, 2.24) is 5.32 Å². The van der Waals surface area contributed by atoms with Crippen molar-refractivity contribution in [3.8, 4) is 5.75 Å². The molecule has 1 heterocycles. The second kappa shape index (κ2) is 6.76. The molecule has 1 aromatic rings. The van der Waals surface area contributed by atoms with E-state index in [0.29, 0.717) is 0 Å². The Labute approximate surface area is 114 Å². The number of Topliss-reactive ketones (excluding diaryl/α,β-unsaturated/α-hetero) is 1. The molecule has 1 aromatic carbocycles. The number of hydrogen-bond acceptors (Lipinski definition) is 3. The van der Waals surface area contributed by atoms with Gasteiger partial charge in [-0.1, -0.05) is 0 Å². The predicted molar refractivity (Wildman–Crippen MR) is 74.9 cm³/mol. The van der Waals surface area contributed by atoms with Crippen molar-refractivity contribution in [2.45, 2.75) is 19.8 Å². The van der Waals surface area contributed by atoms with Gasteiger partial charge in [0.05, 0.1) is 7.11 Å². The van der Waals surface area contributed by atoms with E-state index in [1.54, 1.807) is 7.11 Å². The number of benzene rings is 1. The Morgan fingerprint density at radius 1 is 1.44 bits per heavy atom. The summed E-state index contributed by atoms with van der Waals surface area (Å²) in [5, 5.41) is 3.28. The van der Waals surface area contributed by atoms with Crippen molar-refractivity contribution >= 4 is 18.2 Å². The molecule has 18 heavy (non-hydrogen) atoms. The van der Waals surface area contributed by atoms with E-state index in [9.17, 15) is 4.79 Å². The number of nitrogens with one attached hydrogen (secondary N) is 1. The number of rotatable bonds is 3. The molecular formula is C14H20ClNO2. The summed E-state index contributed by atoms with van der Waals surface area (Å²) in [6, 6.07) is 5.66. The summed E-state index contributed by atoms with van der Waals surface area (Å²) in [5.41, 5.74) is 1.83. The van der Waals surface area contributed by atoms with Gasteiger partial charge in [0.2, 0.25) is 0 Å². The summed E-state index contributed by atoms with van der Waals surface area (Å²) >= 11 is 0. The van der Waals surface area contributed by atoms with Crippen LogP contribution < -0.4 is 10.1 Å². The Hall–Kier alpha value is -1.06. The fourth-order valence-electron chi connectivity index (χ4n) is 2.34. The minimum atomic E-state index is 0. The van der Waals surface area contributed by atoms with E-state index in [1.165, 1.54) is 0 Å². The molecular weight excluding hydrogens is 250 g/mol. The number of hydrogen-bond donors (Lipinski definition) is 1. The number of ether oxygens (including phenoxy) is 1. The highest BCUT2D eigenvalue weighted by Crippen LogP contribution is 2.22. The molecule has 4 heteroatoms. The lowest BCUT2D eigenvalue weighted by Gasteiger charge is -2.22. The number of ketones is 1. The van der Waals surface area contributed by atoms with Crippen LogP contribution in [0.15, 0.2) is 18.2 Å². The maximum atomic E-state index is 12.3. The molecule has 1 saturated heterocycles. The van der Waals surface area contributed by atoms with Gasteiger partial charge in [0.15, 0.2) is 5.78 Å². The van der Waals surface area contributed by atoms with Crippen molar-refractivity contribution in [2.24, 2.45) is 5.92 Å². The highest BCUT2D eigenvalue weighted by atomic mass is 35.5. The van der Waals surface area contributed by atoms with Gasteiger partial charge in [-0.2, -0.15) is 0 Å². The van der Waals surface area contributed by atoms with Crippen LogP contribution in [0.5, 0.6) is 5.75 Å². The molecule has 1 N–H and O–H groups in total. The van der Waals surface area contributed by atoms with Gasteiger partial charge < -0.3 is 10.1 Å². The quantitative estimate of drug-likeness (QED) is 0.858. The van der Waals surface area contributed by atoms with Crippen molar-refractivity contribution in [2.75, 3.05) is 20.2 Å². The summed E-state index contributed by atoms with van der Waals surface area (Å²) in [4.78, 5) is 12.3. The normalized spacial score (nSPS) is 18.9. The van der Waals surface area contributed by atoms with Crippen LogP contribution >= 0.6 is 12.4 Å². The zero-order valence-corrected chi connectivity index (χ0v) is 11.7. The van der Waals surface area contributed by atoms with Crippen LogP contribution in [0.25, 0.3) is 0 Å². The number of carbonyl (C=O) groups is 1. The topological polar surface area (TPSA) is 38.3 Å². The largest absolute Gasteiger partial charge is 0.497 e. The van der Waals surface area contributed by atoms with Crippen LogP contribution in [-0.4, -0.2) is 26.0 Å². The SMILES string of the molecule is COc1ccc(C(=O)C2CCCNC2)c(C)c1.Cl. The van der Waals surface area contributed by atoms with Crippen LogP contribution in [0, 0.1) is 12.8 Å². The average molecular weight is 270 g/mol. The van der Waals surface area contributed by atoms with Gasteiger partial charge in [0.1, 0.15) is 5.75 Å². The van der Waals surface area contributed by atoms with E-state index in [2.05, 4.69) is 5.32 Å². The standard InChI is InChI=1S/C14H19NO2.ClH/c1-10-8-12(17-2)5-6-13(10)14(16)11-4-3-7-15-9-11;/h5-6,8,11,15H,3-4,7,9H2,1-2H3;1H. The van der Waals surface area contributed by atoms with Gasteiger partial charge in [-0.3, -0.25) is 4.79 Å². The molecule has 0 saturated carbocycles. The first-order valence-electron chi connectivity index (χ1n) is 6.12. The van der Waals surface area contributed by atoms with Gasteiger partial charge in [-0.05, 0) is 50.1 Å². The predicted octanol–water partition coefficient (Wildman–Crippen LogP) is 2.61. The van der Waals surface area contributed by atoms with Crippen LogP contribution in [0.1, 0.15) is 28.8 Å². The van der Waals surface area contributed by atoms with E-state index < -0.39 is 0 Å². The molecule has 0 bridgehead atoms. The van der Waals surface area contributed by atoms with Crippen molar-refractivity contribution < 1.29 is 9.53 Å². The highest BCUT2D eigenvalue weighted by Gasteiger charge is 2.23. The molecule has 0 amide bonds. The van der Waals surface area contributed by atoms with E-state index in [4.69, 9.17) is 4.74 Å². The van der Waals surface area contributed by atoms with Crippen LogP contribution in [0.3, 0.4) is 0 Å². The summed E-state index contributed by atoms with van der Waals surface area (Å²) in [6.07, 6.45) is 2.09. The fourth-order valence-corrected chi connectivity index (χ4v) is 2.34. The van der Waals surface area contributed by atoms with Crippen LogP contribution in [0.4, 0.5) is 0 Å². The third kappa shape index (κ3) is 3.24. The van der Waals surface area contributed by atoms with Crippen molar-refractivity contribution in [1.29, 1.82) is 0 Å². The van der Waals surface area contributed by atoms with Crippen molar-refractivity contribution in [3.63, 3.8) is 0 Å². The first kappa shape index (κ1) is 15.0. The Morgan fingerprint density at radius 3 is 2.78 bits per heavy atom.